The molecule has 0 aliphatic rings. The summed E-state index contributed by atoms with van der Waals surface area (Å²) in [7, 11) is 0. The van der Waals surface area contributed by atoms with Gasteiger partial charge in [0.2, 0.25) is 5.89 Å². The SMILES string of the molecule is O=C(O)c1cccc2nc(-c3cc(Cl)ccc3Br)oc12. The fourth-order valence-corrected chi connectivity index (χ4v) is 2.48. The maximum absolute atomic E-state index is 11.2. The minimum Gasteiger partial charge on any atom is -0.478 e. The van der Waals surface area contributed by atoms with Crippen molar-refractivity contribution in [2.75, 3.05) is 0 Å². The molecule has 0 saturated carbocycles. The van der Waals surface area contributed by atoms with Crippen molar-refractivity contribution in [2.45, 2.75) is 0 Å². The van der Waals surface area contributed by atoms with E-state index in [0.29, 0.717) is 22.0 Å². The average molecular weight is 353 g/mol. The number of carboxylic acid groups (broad SMARTS) is 1. The number of nitrogens with zero attached hydrogens (tertiary/aromatic N) is 1. The molecule has 0 bridgehead atoms. The normalized spacial score (nSPS) is 10.9. The van der Waals surface area contributed by atoms with Crippen molar-refractivity contribution in [1.29, 1.82) is 0 Å². The van der Waals surface area contributed by atoms with Crippen molar-refractivity contribution in [2.24, 2.45) is 0 Å². The second kappa shape index (κ2) is 4.92. The number of halogens is 2. The van der Waals surface area contributed by atoms with Gasteiger partial charge in [-0.15, -0.1) is 0 Å². The third-order valence-electron chi connectivity index (χ3n) is 2.80. The van der Waals surface area contributed by atoms with E-state index in [1.165, 1.54) is 6.07 Å². The van der Waals surface area contributed by atoms with E-state index in [1.807, 2.05) is 0 Å². The van der Waals surface area contributed by atoms with Gasteiger partial charge in [0.1, 0.15) is 11.1 Å². The molecule has 4 nitrogen and oxygen atoms in total. The molecule has 2 aromatic carbocycles. The van der Waals surface area contributed by atoms with Crippen molar-refractivity contribution in [3.63, 3.8) is 0 Å². The Morgan fingerprint density at radius 1 is 1.30 bits per heavy atom. The summed E-state index contributed by atoms with van der Waals surface area (Å²) in [5.41, 5.74) is 1.50. The molecule has 0 fully saturated rings. The number of benzene rings is 2. The van der Waals surface area contributed by atoms with Gasteiger partial charge in [-0.05, 0) is 46.3 Å². The molecule has 1 aromatic heterocycles. The van der Waals surface area contributed by atoms with Crippen LogP contribution in [0.5, 0.6) is 0 Å². The largest absolute Gasteiger partial charge is 0.478 e. The first-order chi connectivity index (χ1) is 9.56. The van der Waals surface area contributed by atoms with E-state index in [1.54, 1.807) is 30.3 Å². The van der Waals surface area contributed by atoms with Crippen LogP contribution in [0.2, 0.25) is 5.02 Å². The summed E-state index contributed by atoms with van der Waals surface area (Å²) in [6.07, 6.45) is 0. The van der Waals surface area contributed by atoms with E-state index in [0.717, 1.165) is 4.47 Å². The molecule has 3 aromatic rings. The predicted molar refractivity (Wildman–Crippen MR) is 79.1 cm³/mol. The Kier molecular flexibility index (Phi) is 3.23. The maximum Gasteiger partial charge on any atom is 0.339 e. The zero-order chi connectivity index (χ0) is 14.3. The fraction of sp³-hybridized carbons (Fsp3) is 0. The van der Waals surface area contributed by atoms with Crippen LogP contribution in [0.4, 0.5) is 0 Å². The van der Waals surface area contributed by atoms with Gasteiger partial charge in [0.15, 0.2) is 5.58 Å². The molecule has 20 heavy (non-hydrogen) atoms. The zero-order valence-electron chi connectivity index (χ0n) is 9.93. The number of para-hydroxylation sites is 1. The molecule has 0 aliphatic heterocycles. The van der Waals surface area contributed by atoms with Gasteiger partial charge >= 0.3 is 5.97 Å². The summed E-state index contributed by atoms with van der Waals surface area (Å²) in [6.45, 7) is 0. The monoisotopic (exact) mass is 351 g/mol. The van der Waals surface area contributed by atoms with Crippen LogP contribution in [-0.4, -0.2) is 16.1 Å². The molecule has 0 amide bonds. The number of rotatable bonds is 2. The molecule has 0 radical (unpaired) electrons. The number of fused-ring (bicyclic) bond motifs is 1. The van der Waals surface area contributed by atoms with E-state index in [9.17, 15) is 4.79 Å². The fourth-order valence-electron chi connectivity index (χ4n) is 1.89. The van der Waals surface area contributed by atoms with Gasteiger partial charge in [-0.2, -0.15) is 0 Å². The van der Waals surface area contributed by atoms with E-state index in [-0.39, 0.29) is 11.1 Å². The Morgan fingerprint density at radius 2 is 2.10 bits per heavy atom. The molecular formula is C14H7BrClNO3. The minimum absolute atomic E-state index is 0.0828. The van der Waals surface area contributed by atoms with Crippen molar-refractivity contribution >= 4 is 44.6 Å². The first-order valence-electron chi connectivity index (χ1n) is 5.64. The molecule has 0 spiro atoms. The quantitative estimate of drug-likeness (QED) is 0.731. The first-order valence-corrected chi connectivity index (χ1v) is 6.81. The molecule has 1 N–H and O–H groups in total. The summed E-state index contributed by atoms with van der Waals surface area (Å²) >= 11 is 9.36. The Labute approximate surface area is 127 Å². The van der Waals surface area contributed by atoms with Gasteiger partial charge in [-0.3, -0.25) is 0 Å². The van der Waals surface area contributed by atoms with Gasteiger partial charge in [-0.1, -0.05) is 17.7 Å². The van der Waals surface area contributed by atoms with Crippen LogP contribution in [0.15, 0.2) is 45.3 Å². The molecule has 0 unspecified atom stereocenters. The molecule has 0 atom stereocenters. The summed E-state index contributed by atoms with van der Waals surface area (Å²) in [5.74, 6) is -0.730. The lowest BCUT2D eigenvalue weighted by Crippen LogP contribution is -1.95. The molecule has 0 saturated heterocycles. The van der Waals surface area contributed by atoms with E-state index in [2.05, 4.69) is 20.9 Å². The van der Waals surface area contributed by atoms with Gasteiger partial charge in [0.25, 0.3) is 0 Å². The van der Waals surface area contributed by atoms with Crippen LogP contribution < -0.4 is 0 Å². The molecule has 100 valence electrons. The highest BCUT2D eigenvalue weighted by molar-refractivity contribution is 9.10. The van der Waals surface area contributed by atoms with Crippen molar-refractivity contribution < 1.29 is 14.3 Å². The molecule has 3 rings (SSSR count). The number of aromatic nitrogens is 1. The lowest BCUT2D eigenvalue weighted by atomic mass is 10.2. The van der Waals surface area contributed by atoms with Crippen LogP contribution in [0.25, 0.3) is 22.6 Å². The summed E-state index contributed by atoms with van der Waals surface area (Å²) < 4.78 is 6.37. The van der Waals surface area contributed by atoms with E-state index >= 15 is 0 Å². The minimum atomic E-state index is -1.05. The highest BCUT2D eigenvalue weighted by Crippen LogP contribution is 2.33. The maximum atomic E-state index is 11.2. The van der Waals surface area contributed by atoms with E-state index < -0.39 is 5.97 Å². The topological polar surface area (TPSA) is 63.3 Å². The standard InChI is InChI=1S/C14H7BrClNO3/c15-10-5-4-7(16)6-9(10)13-17-11-3-1-2-8(14(18)19)12(11)20-13/h1-6H,(H,18,19). The molecule has 6 heteroatoms. The third-order valence-corrected chi connectivity index (χ3v) is 3.73. The number of carboxylic acids is 1. The molecular weight excluding hydrogens is 346 g/mol. The summed E-state index contributed by atoms with van der Waals surface area (Å²) in [6, 6.07) is 10.0. The van der Waals surface area contributed by atoms with Crippen molar-refractivity contribution in [3.05, 3.63) is 51.5 Å². The number of hydrogen-bond acceptors (Lipinski definition) is 3. The van der Waals surface area contributed by atoms with Crippen LogP contribution in [0.3, 0.4) is 0 Å². The summed E-state index contributed by atoms with van der Waals surface area (Å²) in [4.78, 5) is 15.5. The Hall–Kier alpha value is -1.85. The van der Waals surface area contributed by atoms with Crippen molar-refractivity contribution in [3.8, 4) is 11.5 Å². The van der Waals surface area contributed by atoms with Crippen LogP contribution >= 0.6 is 27.5 Å². The highest BCUT2D eigenvalue weighted by Gasteiger charge is 2.17. The molecule has 1 heterocycles. The Balaban J connectivity index is 2.26. The highest BCUT2D eigenvalue weighted by atomic mass is 79.9. The number of aromatic carboxylic acids is 1. The summed E-state index contributed by atoms with van der Waals surface area (Å²) in [5, 5.41) is 9.69. The average Bonchev–Trinajstić information content (AvgIpc) is 2.84. The second-order valence-corrected chi connectivity index (χ2v) is 5.39. The van der Waals surface area contributed by atoms with Crippen molar-refractivity contribution in [1.82, 2.24) is 4.98 Å². The van der Waals surface area contributed by atoms with Crippen LogP contribution in [-0.2, 0) is 0 Å². The predicted octanol–water partition coefficient (Wildman–Crippen LogP) is 4.61. The first kappa shape index (κ1) is 13.1. The third kappa shape index (κ3) is 2.19. The number of oxazole rings is 1. The van der Waals surface area contributed by atoms with E-state index in [4.69, 9.17) is 21.1 Å². The Bertz CT molecular complexity index is 828. The smallest absolute Gasteiger partial charge is 0.339 e. The number of hydrogen-bond donors (Lipinski definition) is 1. The van der Waals surface area contributed by atoms with Crippen LogP contribution in [0, 0.1) is 0 Å². The second-order valence-electron chi connectivity index (χ2n) is 4.10. The Morgan fingerprint density at radius 3 is 2.85 bits per heavy atom. The van der Waals surface area contributed by atoms with Crippen LogP contribution in [0.1, 0.15) is 10.4 Å². The van der Waals surface area contributed by atoms with Gasteiger partial charge in [0.05, 0.1) is 5.56 Å². The molecule has 0 aliphatic carbocycles. The van der Waals surface area contributed by atoms with Gasteiger partial charge in [-0.25, -0.2) is 9.78 Å². The lowest BCUT2D eigenvalue weighted by Gasteiger charge is -1.99. The zero-order valence-corrected chi connectivity index (χ0v) is 12.3. The van der Waals surface area contributed by atoms with Gasteiger partial charge in [0, 0.05) is 9.50 Å². The number of carbonyl (C=O) groups is 1. The van der Waals surface area contributed by atoms with Gasteiger partial charge < -0.3 is 9.52 Å². The lowest BCUT2D eigenvalue weighted by molar-refractivity contribution is 0.0698.